The monoisotopic (exact) mass is 308 g/mol. The first-order valence-electron chi connectivity index (χ1n) is 6.54. The number of nitrogens with zero attached hydrogens (tertiary/aromatic N) is 4. The number of hydrogen-bond donors (Lipinski definition) is 0. The second-order valence-electron chi connectivity index (χ2n) is 4.73. The highest BCUT2D eigenvalue weighted by Crippen LogP contribution is 2.36. The van der Waals surface area contributed by atoms with Crippen molar-refractivity contribution in [1.29, 1.82) is 0 Å². The lowest BCUT2D eigenvalue weighted by Crippen LogP contribution is -2.33. The highest BCUT2D eigenvalue weighted by molar-refractivity contribution is 7.99. The van der Waals surface area contributed by atoms with Crippen molar-refractivity contribution in [3.63, 3.8) is 0 Å². The summed E-state index contributed by atoms with van der Waals surface area (Å²) in [5.41, 5.74) is 0.437. The van der Waals surface area contributed by atoms with Gasteiger partial charge in [0, 0.05) is 36.0 Å². The molecule has 2 aromatic rings. The van der Waals surface area contributed by atoms with Crippen molar-refractivity contribution >= 4 is 29.0 Å². The third kappa shape index (κ3) is 2.88. The van der Waals surface area contributed by atoms with Gasteiger partial charge in [-0.1, -0.05) is 11.3 Å². The molecule has 0 aliphatic carbocycles. The van der Waals surface area contributed by atoms with Gasteiger partial charge in [0.2, 0.25) is 0 Å². The van der Waals surface area contributed by atoms with E-state index in [1.54, 1.807) is 29.3 Å². The average Bonchev–Trinajstić information content (AvgIpc) is 3.05. The van der Waals surface area contributed by atoms with Gasteiger partial charge in [-0.15, -0.1) is 16.4 Å². The van der Waals surface area contributed by atoms with Gasteiger partial charge < -0.3 is 4.90 Å². The third-order valence-corrected chi connectivity index (χ3v) is 5.76. The van der Waals surface area contributed by atoms with Crippen LogP contribution in [0, 0.1) is 0 Å². The summed E-state index contributed by atoms with van der Waals surface area (Å²) >= 11 is 3.74. The summed E-state index contributed by atoms with van der Waals surface area (Å²) in [6.07, 6.45) is 2.67. The van der Waals surface area contributed by atoms with Crippen LogP contribution in [0.2, 0.25) is 0 Å². The summed E-state index contributed by atoms with van der Waals surface area (Å²) in [6.45, 7) is 1.56. The van der Waals surface area contributed by atoms with Gasteiger partial charge >= 0.3 is 0 Å². The molecule has 106 valence electrons. The Balaban J connectivity index is 1.66. The van der Waals surface area contributed by atoms with Gasteiger partial charge in [-0.3, -0.25) is 9.48 Å². The molecule has 1 aliphatic rings. The summed E-state index contributed by atoms with van der Waals surface area (Å²) in [7, 11) is 1.77. The van der Waals surface area contributed by atoms with Gasteiger partial charge in [0.25, 0.3) is 5.91 Å². The molecule has 20 heavy (non-hydrogen) atoms. The van der Waals surface area contributed by atoms with Crippen LogP contribution in [-0.4, -0.2) is 44.6 Å². The van der Waals surface area contributed by atoms with Gasteiger partial charge in [-0.05, 0) is 17.9 Å². The molecule has 0 spiro atoms. The number of thiophene rings is 1. The predicted molar refractivity (Wildman–Crippen MR) is 81.0 cm³/mol. The van der Waals surface area contributed by atoms with Crippen LogP contribution >= 0.6 is 23.1 Å². The van der Waals surface area contributed by atoms with Crippen LogP contribution < -0.4 is 0 Å². The van der Waals surface area contributed by atoms with Crippen molar-refractivity contribution in [2.24, 2.45) is 7.05 Å². The molecule has 2 aromatic heterocycles. The average molecular weight is 308 g/mol. The zero-order valence-corrected chi connectivity index (χ0v) is 12.9. The molecule has 1 fully saturated rings. The second-order valence-corrected chi connectivity index (χ2v) is 7.02. The minimum Gasteiger partial charge on any atom is -0.336 e. The van der Waals surface area contributed by atoms with Crippen molar-refractivity contribution in [3.05, 3.63) is 34.3 Å². The van der Waals surface area contributed by atoms with Crippen molar-refractivity contribution < 1.29 is 4.79 Å². The molecule has 0 aromatic carbocycles. The van der Waals surface area contributed by atoms with E-state index in [1.807, 2.05) is 16.7 Å². The molecular weight excluding hydrogens is 292 g/mol. The Morgan fingerprint density at radius 1 is 1.45 bits per heavy atom. The molecule has 0 radical (unpaired) electrons. The molecule has 1 saturated heterocycles. The van der Waals surface area contributed by atoms with Crippen molar-refractivity contribution in [2.45, 2.75) is 11.7 Å². The number of amides is 1. The Bertz CT molecular complexity index is 581. The first kappa shape index (κ1) is 13.6. The van der Waals surface area contributed by atoms with Crippen LogP contribution in [-0.2, 0) is 7.05 Å². The quantitative estimate of drug-likeness (QED) is 0.853. The molecule has 1 aliphatic heterocycles. The molecular formula is C13H16N4OS2. The number of carbonyl (C=O) groups is 1. The molecule has 0 N–H and O–H groups in total. The summed E-state index contributed by atoms with van der Waals surface area (Å²) in [6, 6.07) is 4.27. The summed E-state index contributed by atoms with van der Waals surface area (Å²) in [5, 5.41) is 10.4. The van der Waals surface area contributed by atoms with E-state index in [2.05, 4.69) is 27.8 Å². The van der Waals surface area contributed by atoms with Crippen LogP contribution in [0.4, 0.5) is 0 Å². The Hall–Kier alpha value is -1.34. The zero-order valence-electron chi connectivity index (χ0n) is 11.2. The zero-order chi connectivity index (χ0) is 13.9. The van der Waals surface area contributed by atoms with E-state index in [9.17, 15) is 4.79 Å². The van der Waals surface area contributed by atoms with Gasteiger partial charge in [0.1, 0.15) is 0 Å². The first-order valence-corrected chi connectivity index (χ1v) is 8.47. The van der Waals surface area contributed by atoms with Crippen molar-refractivity contribution in [3.8, 4) is 0 Å². The minimum absolute atomic E-state index is 0.00877. The van der Waals surface area contributed by atoms with E-state index < -0.39 is 0 Å². The first-order chi connectivity index (χ1) is 9.74. The molecule has 5 nitrogen and oxygen atoms in total. The standard InChI is InChI=1S/C13H16N4OS2/c1-16-9-10(14-15-16)13(18)17-5-4-12(20-8-6-17)11-3-2-7-19-11/h2-3,7,9,12H,4-6,8H2,1H3. The fourth-order valence-electron chi connectivity index (χ4n) is 2.28. The molecule has 7 heteroatoms. The maximum absolute atomic E-state index is 12.4. The molecule has 0 bridgehead atoms. The lowest BCUT2D eigenvalue weighted by Gasteiger charge is -2.18. The van der Waals surface area contributed by atoms with Crippen LogP contribution in [0.1, 0.15) is 27.0 Å². The van der Waals surface area contributed by atoms with E-state index in [4.69, 9.17) is 0 Å². The van der Waals surface area contributed by atoms with Crippen LogP contribution in [0.5, 0.6) is 0 Å². The van der Waals surface area contributed by atoms with Crippen molar-refractivity contribution in [2.75, 3.05) is 18.8 Å². The Morgan fingerprint density at radius 3 is 3.05 bits per heavy atom. The second kappa shape index (κ2) is 5.97. The number of aryl methyl sites for hydroxylation is 1. The van der Waals surface area contributed by atoms with Crippen LogP contribution in [0.25, 0.3) is 0 Å². The molecule has 1 amide bonds. The molecule has 3 rings (SSSR count). The number of rotatable bonds is 2. The van der Waals surface area contributed by atoms with Gasteiger partial charge in [0.05, 0.1) is 6.20 Å². The molecule has 1 atom stereocenters. The highest BCUT2D eigenvalue weighted by Gasteiger charge is 2.24. The van der Waals surface area contributed by atoms with E-state index in [0.717, 1.165) is 25.3 Å². The van der Waals surface area contributed by atoms with Gasteiger partial charge in [-0.2, -0.15) is 11.8 Å². The van der Waals surface area contributed by atoms with Crippen molar-refractivity contribution in [1.82, 2.24) is 19.9 Å². The Kier molecular flexibility index (Phi) is 4.07. The maximum atomic E-state index is 12.4. The van der Waals surface area contributed by atoms with Gasteiger partial charge in [-0.25, -0.2) is 0 Å². The molecule has 1 unspecified atom stereocenters. The van der Waals surface area contributed by atoms with Crippen LogP contribution in [0.15, 0.2) is 23.7 Å². The number of aromatic nitrogens is 3. The minimum atomic E-state index is -0.00877. The van der Waals surface area contributed by atoms with Crippen LogP contribution in [0.3, 0.4) is 0 Å². The number of carbonyl (C=O) groups excluding carboxylic acids is 1. The van der Waals surface area contributed by atoms with Gasteiger partial charge in [0.15, 0.2) is 5.69 Å². The lowest BCUT2D eigenvalue weighted by molar-refractivity contribution is 0.0760. The summed E-state index contributed by atoms with van der Waals surface area (Å²) in [4.78, 5) is 15.7. The fraction of sp³-hybridized carbons (Fsp3) is 0.462. The maximum Gasteiger partial charge on any atom is 0.276 e. The lowest BCUT2D eigenvalue weighted by atomic mass is 10.2. The Morgan fingerprint density at radius 2 is 2.35 bits per heavy atom. The molecule has 3 heterocycles. The number of thioether (sulfide) groups is 1. The number of hydrogen-bond acceptors (Lipinski definition) is 5. The topological polar surface area (TPSA) is 51.0 Å². The Labute approximate surface area is 126 Å². The summed E-state index contributed by atoms with van der Waals surface area (Å²) in [5.74, 6) is 0.958. The van der Waals surface area contributed by atoms with E-state index in [-0.39, 0.29) is 5.91 Å². The molecule has 0 saturated carbocycles. The largest absolute Gasteiger partial charge is 0.336 e. The smallest absolute Gasteiger partial charge is 0.276 e. The SMILES string of the molecule is Cn1cc(C(=O)N2CCSC(c3cccs3)CC2)nn1. The van der Waals surface area contributed by atoms with E-state index in [0.29, 0.717) is 10.9 Å². The normalized spacial score (nSPS) is 19.9. The fourth-order valence-corrected chi connectivity index (χ4v) is 4.52. The predicted octanol–water partition coefficient (Wildman–Crippen LogP) is 2.20. The summed E-state index contributed by atoms with van der Waals surface area (Å²) < 4.78 is 1.56. The van der Waals surface area contributed by atoms with E-state index >= 15 is 0 Å². The highest BCUT2D eigenvalue weighted by atomic mass is 32.2. The third-order valence-electron chi connectivity index (χ3n) is 3.31. The van der Waals surface area contributed by atoms with E-state index in [1.165, 1.54) is 4.88 Å².